The fraction of sp³-hybridized carbons (Fsp3) is 0.500. The second kappa shape index (κ2) is 6.04. The second-order valence-corrected chi connectivity index (χ2v) is 5.85. The van der Waals surface area contributed by atoms with Crippen LogP contribution in [-0.4, -0.2) is 47.7 Å². The molecule has 22 heavy (non-hydrogen) atoms. The summed E-state index contributed by atoms with van der Waals surface area (Å²) in [6.45, 7) is 1.09. The Morgan fingerprint density at radius 1 is 1.23 bits per heavy atom. The fourth-order valence-electron chi connectivity index (χ4n) is 3.26. The van der Waals surface area contributed by atoms with Crippen molar-refractivity contribution >= 4 is 11.9 Å². The summed E-state index contributed by atoms with van der Waals surface area (Å²) in [7, 11) is 0. The van der Waals surface area contributed by atoms with Crippen LogP contribution >= 0.6 is 0 Å². The van der Waals surface area contributed by atoms with Crippen LogP contribution in [0, 0.1) is 11.7 Å². The lowest BCUT2D eigenvalue weighted by Crippen LogP contribution is -2.37. The SMILES string of the molecule is O=C(O)[C@H]1CN(C(=O)[C@@H]2CCCO2)C[C@@H]1c1ccc(F)cc1. The molecule has 0 bridgehead atoms. The number of carbonyl (C=O) groups is 2. The first-order valence-electron chi connectivity index (χ1n) is 7.45. The van der Waals surface area contributed by atoms with Crippen LogP contribution in [0.5, 0.6) is 0 Å². The molecule has 6 heteroatoms. The predicted octanol–water partition coefficient (Wildman–Crippen LogP) is 1.63. The zero-order valence-electron chi connectivity index (χ0n) is 12.1. The van der Waals surface area contributed by atoms with E-state index in [0.717, 1.165) is 12.0 Å². The van der Waals surface area contributed by atoms with Crippen LogP contribution in [0.25, 0.3) is 0 Å². The molecule has 0 aromatic heterocycles. The van der Waals surface area contributed by atoms with E-state index in [1.165, 1.54) is 12.1 Å². The average molecular weight is 307 g/mol. The first-order chi connectivity index (χ1) is 10.6. The van der Waals surface area contributed by atoms with Gasteiger partial charge >= 0.3 is 5.97 Å². The summed E-state index contributed by atoms with van der Waals surface area (Å²) in [5, 5.41) is 9.42. The van der Waals surface area contributed by atoms with Gasteiger partial charge < -0.3 is 14.7 Å². The van der Waals surface area contributed by atoms with Crippen molar-refractivity contribution in [2.24, 2.45) is 5.92 Å². The molecular formula is C16H18FNO4. The molecule has 2 aliphatic heterocycles. The van der Waals surface area contributed by atoms with Gasteiger partial charge in [0.25, 0.3) is 5.91 Å². The molecule has 0 aliphatic carbocycles. The van der Waals surface area contributed by atoms with Crippen molar-refractivity contribution in [1.82, 2.24) is 4.90 Å². The Labute approximate surface area is 127 Å². The maximum absolute atomic E-state index is 13.0. The predicted molar refractivity (Wildman–Crippen MR) is 75.8 cm³/mol. The number of halogens is 1. The van der Waals surface area contributed by atoms with Gasteiger partial charge in [-0.3, -0.25) is 9.59 Å². The van der Waals surface area contributed by atoms with Gasteiger partial charge in [0.1, 0.15) is 11.9 Å². The highest BCUT2D eigenvalue weighted by molar-refractivity contribution is 5.83. The van der Waals surface area contributed by atoms with E-state index < -0.39 is 18.0 Å². The quantitative estimate of drug-likeness (QED) is 0.921. The summed E-state index contributed by atoms with van der Waals surface area (Å²) in [6, 6.07) is 5.82. The van der Waals surface area contributed by atoms with Crippen LogP contribution < -0.4 is 0 Å². The molecule has 118 valence electrons. The molecule has 1 aromatic rings. The zero-order valence-corrected chi connectivity index (χ0v) is 12.1. The number of amides is 1. The van der Waals surface area contributed by atoms with Crippen LogP contribution in [0.4, 0.5) is 4.39 Å². The monoisotopic (exact) mass is 307 g/mol. The number of carboxylic acid groups (broad SMARTS) is 1. The summed E-state index contributed by atoms with van der Waals surface area (Å²) in [6.07, 6.45) is 1.10. The highest BCUT2D eigenvalue weighted by Gasteiger charge is 2.42. The number of nitrogens with zero attached hydrogens (tertiary/aromatic N) is 1. The molecule has 2 aliphatic rings. The molecule has 3 rings (SSSR count). The number of carbonyl (C=O) groups excluding carboxylic acids is 1. The maximum Gasteiger partial charge on any atom is 0.308 e. The molecule has 1 amide bonds. The molecule has 2 fully saturated rings. The maximum atomic E-state index is 13.0. The lowest BCUT2D eigenvalue weighted by molar-refractivity contribution is -0.143. The number of likely N-dealkylation sites (tertiary alicyclic amines) is 1. The van der Waals surface area contributed by atoms with Gasteiger partial charge in [-0.25, -0.2) is 4.39 Å². The number of hydrogen-bond donors (Lipinski definition) is 1. The van der Waals surface area contributed by atoms with E-state index in [2.05, 4.69) is 0 Å². The van der Waals surface area contributed by atoms with Crippen molar-refractivity contribution in [2.75, 3.05) is 19.7 Å². The van der Waals surface area contributed by atoms with Crippen molar-refractivity contribution in [3.63, 3.8) is 0 Å². The Morgan fingerprint density at radius 2 is 1.95 bits per heavy atom. The van der Waals surface area contributed by atoms with Gasteiger partial charge in [-0.15, -0.1) is 0 Å². The Kier molecular flexibility index (Phi) is 4.11. The Hall–Kier alpha value is -1.95. The molecule has 2 heterocycles. The van der Waals surface area contributed by atoms with Gasteiger partial charge in [0.2, 0.25) is 0 Å². The summed E-state index contributed by atoms with van der Waals surface area (Å²) >= 11 is 0. The van der Waals surface area contributed by atoms with Crippen LogP contribution in [0.2, 0.25) is 0 Å². The minimum absolute atomic E-state index is 0.131. The van der Waals surface area contributed by atoms with Gasteiger partial charge in [0.15, 0.2) is 0 Å². The summed E-state index contributed by atoms with van der Waals surface area (Å²) in [5.74, 6) is -2.41. The zero-order chi connectivity index (χ0) is 15.7. The molecule has 1 N–H and O–H groups in total. The number of rotatable bonds is 3. The Morgan fingerprint density at radius 3 is 2.55 bits per heavy atom. The molecule has 1 aromatic carbocycles. The second-order valence-electron chi connectivity index (χ2n) is 5.85. The van der Waals surface area contributed by atoms with Crippen LogP contribution in [0.1, 0.15) is 24.3 Å². The molecule has 0 spiro atoms. The van der Waals surface area contributed by atoms with Gasteiger partial charge in [-0.2, -0.15) is 0 Å². The fourth-order valence-corrected chi connectivity index (χ4v) is 3.26. The van der Waals surface area contributed by atoms with Crippen LogP contribution in [0.3, 0.4) is 0 Å². The summed E-state index contributed by atoms with van der Waals surface area (Å²) in [5.41, 5.74) is 0.747. The van der Waals surface area contributed by atoms with E-state index in [1.807, 2.05) is 0 Å². The van der Waals surface area contributed by atoms with E-state index in [1.54, 1.807) is 17.0 Å². The van der Waals surface area contributed by atoms with Crippen molar-refractivity contribution in [1.29, 1.82) is 0 Å². The average Bonchev–Trinajstić information content (AvgIpc) is 3.17. The third-order valence-electron chi connectivity index (χ3n) is 4.45. The Bertz CT molecular complexity index is 568. The number of hydrogen-bond acceptors (Lipinski definition) is 3. The van der Waals surface area contributed by atoms with E-state index in [9.17, 15) is 19.1 Å². The molecular weight excluding hydrogens is 289 g/mol. The third-order valence-corrected chi connectivity index (χ3v) is 4.45. The largest absolute Gasteiger partial charge is 0.481 e. The van der Waals surface area contributed by atoms with Gasteiger partial charge in [-0.1, -0.05) is 12.1 Å². The Balaban J connectivity index is 1.78. The number of aliphatic carboxylic acids is 1. The van der Waals surface area contributed by atoms with Gasteiger partial charge in [0.05, 0.1) is 5.92 Å². The lowest BCUT2D eigenvalue weighted by atomic mass is 9.89. The van der Waals surface area contributed by atoms with E-state index in [4.69, 9.17) is 4.74 Å². The van der Waals surface area contributed by atoms with Crippen molar-refractivity contribution in [3.05, 3.63) is 35.6 Å². The number of ether oxygens (including phenoxy) is 1. The normalized spacial score (nSPS) is 28.0. The van der Waals surface area contributed by atoms with Crippen LogP contribution in [-0.2, 0) is 14.3 Å². The number of carboxylic acids is 1. The molecule has 0 saturated carbocycles. The van der Waals surface area contributed by atoms with Crippen molar-refractivity contribution < 1.29 is 23.8 Å². The molecule has 0 radical (unpaired) electrons. The summed E-state index contributed by atoms with van der Waals surface area (Å²) in [4.78, 5) is 25.5. The first-order valence-corrected chi connectivity index (χ1v) is 7.45. The molecule has 3 atom stereocenters. The first kappa shape index (κ1) is 15.0. The van der Waals surface area contributed by atoms with E-state index in [-0.39, 0.29) is 24.2 Å². The van der Waals surface area contributed by atoms with E-state index in [0.29, 0.717) is 19.6 Å². The summed E-state index contributed by atoms with van der Waals surface area (Å²) < 4.78 is 18.4. The highest BCUT2D eigenvalue weighted by Crippen LogP contribution is 2.34. The minimum Gasteiger partial charge on any atom is -0.481 e. The number of benzene rings is 1. The van der Waals surface area contributed by atoms with Crippen molar-refractivity contribution in [2.45, 2.75) is 24.9 Å². The van der Waals surface area contributed by atoms with Gasteiger partial charge in [0, 0.05) is 25.6 Å². The molecule has 0 unspecified atom stereocenters. The van der Waals surface area contributed by atoms with Gasteiger partial charge in [-0.05, 0) is 30.5 Å². The minimum atomic E-state index is -0.933. The van der Waals surface area contributed by atoms with Crippen molar-refractivity contribution in [3.8, 4) is 0 Å². The van der Waals surface area contributed by atoms with Crippen LogP contribution in [0.15, 0.2) is 24.3 Å². The van der Waals surface area contributed by atoms with E-state index >= 15 is 0 Å². The topological polar surface area (TPSA) is 66.8 Å². The standard InChI is InChI=1S/C16H18FNO4/c17-11-5-3-10(4-6-11)12-8-18(9-13(12)16(20)21)15(19)14-2-1-7-22-14/h3-6,12-14H,1-2,7-9H2,(H,20,21)/t12-,13+,14+/m1/s1. The lowest BCUT2D eigenvalue weighted by Gasteiger charge is -2.20. The third kappa shape index (κ3) is 2.83. The molecule has 2 saturated heterocycles. The smallest absolute Gasteiger partial charge is 0.308 e. The highest BCUT2D eigenvalue weighted by atomic mass is 19.1. The molecule has 5 nitrogen and oxygen atoms in total.